The minimum absolute atomic E-state index is 0.210. The first-order valence-corrected chi connectivity index (χ1v) is 8.54. The maximum atomic E-state index is 12.3. The maximum absolute atomic E-state index is 12.3. The number of amides is 3. The van der Waals surface area contributed by atoms with E-state index in [1.807, 2.05) is 0 Å². The summed E-state index contributed by atoms with van der Waals surface area (Å²) in [6.45, 7) is 0. The molecule has 1 aromatic carbocycles. The summed E-state index contributed by atoms with van der Waals surface area (Å²) in [5.74, 6) is -0.209. The third-order valence-electron chi connectivity index (χ3n) is 4.03. The third-order valence-corrected chi connectivity index (χ3v) is 5.03. The van der Waals surface area contributed by atoms with Crippen LogP contribution in [0.5, 0.6) is 0 Å². The summed E-state index contributed by atoms with van der Waals surface area (Å²) in [6.07, 6.45) is 2.75. The molecule has 1 saturated heterocycles. The van der Waals surface area contributed by atoms with Crippen LogP contribution in [0.25, 0.3) is 0 Å². The molecule has 1 N–H and O–H groups in total. The van der Waals surface area contributed by atoms with Gasteiger partial charge in [-0.1, -0.05) is 11.3 Å². The molecular formula is C16H14N4O3S. The zero-order valence-corrected chi connectivity index (χ0v) is 13.5. The second-order valence-corrected chi connectivity index (χ2v) is 6.85. The molecule has 3 amide bonds. The molecule has 2 heterocycles. The molecule has 4 rings (SSSR count). The molecule has 0 unspecified atom stereocenters. The number of carbonyl (C=O) groups is 3. The van der Waals surface area contributed by atoms with Crippen molar-refractivity contribution in [2.24, 2.45) is 0 Å². The predicted molar refractivity (Wildman–Crippen MR) is 88.0 cm³/mol. The zero-order chi connectivity index (χ0) is 16.7. The van der Waals surface area contributed by atoms with Crippen LogP contribution in [0.15, 0.2) is 24.3 Å². The van der Waals surface area contributed by atoms with Crippen molar-refractivity contribution in [3.63, 3.8) is 0 Å². The van der Waals surface area contributed by atoms with Crippen molar-refractivity contribution >= 4 is 39.9 Å². The van der Waals surface area contributed by atoms with Crippen molar-refractivity contribution in [2.75, 3.05) is 10.2 Å². The molecule has 2 fully saturated rings. The van der Waals surface area contributed by atoms with Gasteiger partial charge in [0.1, 0.15) is 5.01 Å². The van der Waals surface area contributed by atoms with Gasteiger partial charge in [0.05, 0.1) is 5.69 Å². The Morgan fingerprint density at radius 3 is 2.38 bits per heavy atom. The van der Waals surface area contributed by atoms with E-state index in [1.54, 1.807) is 24.3 Å². The van der Waals surface area contributed by atoms with Crippen molar-refractivity contribution in [1.29, 1.82) is 0 Å². The molecule has 1 aliphatic heterocycles. The Bertz CT molecular complexity index is 810. The monoisotopic (exact) mass is 342 g/mol. The van der Waals surface area contributed by atoms with Crippen LogP contribution in [0.1, 0.15) is 47.0 Å². The number of nitrogens with one attached hydrogen (secondary N) is 1. The van der Waals surface area contributed by atoms with E-state index in [0.29, 0.717) is 22.3 Å². The summed E-state index contributed by atoms with van der Waals surface area (Å²) in [5, 5.41) is 12.2. The lowest BCUT2D eigenvalue weighted by atomic mass is 10.2. The van der Waals surface area contributed by atoms with E-state index in [-0.39, 0.29) is 30.6 Å². The fraction of sp³-hybridized carbons (Fsp3) is 0.312. The molecule has 1 saturated carbocycles. The lowest BCUT2D eigenvalue weighted by Gasteiger charge is -2.13. The summed E-state index contributed by atoms with van der Waals surface area (Å²) in [6, 6.07) is 6.39. The Labute approximate surface area is 141 Å². The van der Waals surface area contributed by atoms with Crippen LogP contribution in [0.2, 0.25) is 0 Å². The largest absolute Gasteiger partial charge is 0.296 e. The van der Waals surface area contributed by atoms with E-state index in [0.717, 1.165) is 22.7 Å². The zero-order valence-electron chi connectivity index (χ0n) is 12.7. The van der Waals surface area contributed by atoms with Gasteiger partial charge in [-0.15, -0.1) is 10.2 Å². The van der Waals surface area contributed by atoms with E-state index < -0.39 is 0 Å². The molecule has 1 aromatic heterocycles. The van der Waals surface area contributed by atoms with E-state index in [2.05, 4.69) is 15.5 Å². The highest BCUT2D eigenvalue weighted by atomic mass is 32.1. The van der Waals surface area contributed by atoms with Gasteiger partial charge < -0.3 is 0 Å². The highest BCUT2D eigenvalue weighted by molar-refractivity contribution is 7.15. The third kappa shape index (κ3) is 2.80. The molecule has 0 spiro atoms. The Morgan fingerprint density at radius 1 is 1.08 bits per heavy atom. The first-order chi connectivity index (χ1) is 11.6. The van der Waals surface area contributed by atoms with Gasteiger partial charge in [0.15, 0.2) is 0 Å². The van der Waals surface area contributed by atoms with Gasteiger partial charge in [-0.05, 0) is 37.1 Å². The van der Waals surface area contributed by atoms with Gasteiger partial charge in [0.25, 0.3) is 5.91 Å². The molecular weight excluding hydrogens is 328 g/mol. The van der Waals surface area contributed by atoms with Crippen LogP contribution in [0.3, 0.4) is 0 Å². The maximum Gasteiger partial charge on any atom is 0.257 e. The first kappa shape index (κ1) is 14.9. The standard InChI is InChI=1S/C16H14N4O3S/c21-12-7-8-13(22)20(12)11-5-3-9(4-6-11)14(23)17-16-19-18-15(24-16)10-1-2-10/h3-6,10H,1-2,7-8H2,(H,17,19,23). The van der Waals surface area contributed by atoms with Crippen LogP contribution in [-0.2, 0) is 9.59 Å². The predicted octanol–water partition coefficient (Wildman–Crippen LogP) is 2.32. The SMILES string of the molecule is O=C(Nc1nnc(C2CC2)s1)c1ccc(N2C(=O)CCC2=O)cc1. The highest BCUT2D eigenvalue weighted by Crippen LogP contribution is 2.42. The quantitative estimate of drug-likeness (QED) is 0.861. The number of carbonyl (C=O) groups excluding carboxylic acids is 3. The van der Waals surface area contributed by atoms with Crippen LogP contribution in [-0.4, -0.2) is 27.9 Å². The number of nitrogens with zero attached hydrogens (tertiary/aromatic N) is 3. The molecule has 7 nitrogen and oxygen atoms in total. The normalized spacial score (nSPS) is 17.4. The Kier molecular flexibility index (Phi) is 3.61. The van der Waals surface area contributed by atoms with Crippen LogP contribution >= 0.6 is 11.3 Å². The molecule has 1 aliphatic carbocycles. The molecule has 2 aromatic rings. The molecule has 2 aliphatic rings. The number of hydrogen-bond acceptors (Lipinski definition) is 6. The molecule has 8 heteroatoms. The minimum Gasteiger partial charge on any atom is -0.296 e. The van der Waals surface area contributed by atoms with Gasteiger partial charge >= 0.3 is 0 Å². The van der Waals surface area contributed by atoms with Crippen LogP contribution in [0.4, 0.5) is 10.8 Å². The molecule has 0 atom stereocenters. The van der Waals surface area contributed by atoms with Crippen LogP contribution < -0.4 is 10.2 Å². The topological polar surface area (TPSA) is 92.3 Å². The first-order valence-electron chi connectivity index (χ1n) is 7.72. The molecule has 0 bridgehead atoms. The van der Waals surface area contributed by atoms with E-state index in [4.69, 9.17) is 0 Å². The fourth-order valence-corrected chi connectivity index (χ4v) is 3.48. The molecule has 0 radical (unpaired) electrons. The summed E-state index contributed by atoms with van der Waals surface area (Å²) in [7, 11) is 0. The number of anilines is 2. The van der Waals surface area contributed by atoms with E-state index >= 15 is 0 Å². The highest BCUT2D eigenvalue weighted by Gasteiger charge is 2.30. The van der Waals surface area contributed by atoms with Gasteiger partial charge in [-0.3, -0.25) is 24.6 Å². The average Bonchev–Trinajstić information content (AvgIpc) is 3.24. The van der Waals surface area contributed by atoms with Crippen molar-refractivity contribution in [2.45, 2.75) is 31.6 Å². The van der Waals surface area contributed by atoms with Gasteiger partial charge in [-0.25, -0.2) is 0 Å². The summed E-state index contributed by atoms with van der Waals surface area (Å²) < 4.78 is 0. The fourth-order valence-electron chi connectivity index (χ4n) is 2.58. The Morgan fingerprint density at radius 2 is 1.75 bits per heavy atom. The second kappa shape index (κ2) is 5.79. The summed E-state index contributed by atoms with van der Waals surface area (Å²) >= 11 is 1.40. The Hall–Kier alpha value is -2.61. The van der Waals surface area contributed by atoms with Crippen LogP contribution in [0, 0.1) is 0 Å². The summed E-state index contributed by atoms with van der Waals surface area (Å²) in [4.78, 5) is 36.9. The van der Waals surface area contributed by atoms with Gasteiger partial charge in [0, 0.05) is 24.3 Å². The minimum atomic E-state index is -0.292. The molecule has 24 heavy (non-hydrogen) atoms. The number of hydrogen-bond donors (Lipinski definition) is 1. The number of aromatic nitrogens is 2. The average molecular weight is 342 g/mol. The number of imide groups is 1. The van der Waals surface area contributed by atoms with Gasteiger partial charge in [-0.2, -0.15) is 0 Å². The van der Waals surface area contributed by atoms with Gasteiger partial charge in [0.2, 0.25) is 16.9 Å². The van der Waals surface area contributed by atoms with E-state index in [9.17, 15) is 14.4 Å². The lowest BCUT2D eigenvalue weighted by molar-refractivity contribution is -0.121. The Balaban J connectivity index is 1.46. The van der Waals surface area contributed by atoms with Crippen molar-refractivity contribution in [3.05, 3.63) is 34.8 Å². The lowest BCUT2D eigenvalue weighted by Crippen LogP contribution is -2.28. The number of benzene rings is 1. The van der Waals surface area contributed by atoms with Crippen molar-refractivity contribution in [3.8, 4) is 0 Å². The molecule has 122 valence electrons. The summed E-state index contributed by atoms with van der Waals surface area (Å²) in [5.41, 5.74) is 0.923. The van der Waals surface area contributed by atoms with E-state index in [1.165, 1.54) is 11.3 Å². The second-order valence-electron chi connectivity index (χ2n) is 5.84. The van der Waals surface area contributed by atoms with Crippen molar-refractivity contribution in [1.82, 2.24) is 10.2 Å². The van der Waals surface area contributed by atoms with Crippen molar-refractivity contribution < 1.29 is 14.4 Å². The number of rotatable bonds is 4. The smallest absolute Gasteiger partial charge is 0.257 e.